The molecule has 2 bridgehead atoms. The smallest absolute Gasteiger partial charge is 0.356 e. The molecular formula is C19H19ClF3N. The molecule has 0 heterocycles. The Morgan fingerprint density at radius 1 is 1.33 bits per heavy atom. The van der Waals surface area contributed by atoms with Gasteiger partial charge in [-0.2, -0.15) is 13.2 Å². The van der Waals surface area contributed by atoms with Crippen molar-refractivity contribution in [2.24, 2.45) is 5.92 Å². The van der Waals surface area contributed by atoms with Gasteiger partial charge in [-0.05, 0) is 54.5 Å². The van der Waals surface area contributed by atoms with Crippen LogP contribution in [0.1, 0.15) is 38.2 Å². The summed E-state index contributed by atoms with van der Waals surface area (Å²) in [6.07, 6.45) is 1.89. The zero-order valence-corrected chi connectivity index (χ0v) is 14.2. The fraction of sp³-hybridized carbons (Fsp3) is 0.368. The van der Waals surface area contributed by atoms with Crippen LogP contribution in [0.15, 0.2) is 53.3 Å². The molecule has 0 radical (unpaired) electrons. The van der Waals surface area contributed by atoms with Gasteiger partial charge in [0.05, 0.1) is 10.6 Å². The van der Waals surface area contributed by atoms with Crippen molar-refractivity contribution < 1.29 is 13.2 Å². The molecule has 5 heteroatoms. The van der Waals surface area contributed by atoms with Crippen LogP contribution in [0.4, 0.5) is 18.9 Å². The molecule has 0 spiro atoms. The Morgan fingerprint density at radius 2 is 2.04 bits per heavy atom. The average Bonchev–Trinajstić information content (AvgIpc) is 2.47. The molecular weight excluding hydrogens is 335 g/mol. The number of hydrogen-bond donors (Lipinski definition) is 1. The van der Waals surface area contributed by atoms with Crippen molar-refractivity contribution in [1.29, 1.82) is 0 Å². The van der Waals surface area contributed by atoms with E-state index in [1.165, 1.54) is 17.2 Å². The lowest BCUT2D eigenvalue weighted by Gasteiger charge is -2.37. The number of halogens is 4. The van der Waals surface area contributed by atoms with Crippen LogP contribution in [0.3, 0.4) is 0 Å². The van der Waals surface area contributed by atoms with E-state index < -0.39 is 11.7 Å². The summed E-state index contributed by atoms with van der Waals surface area (Å²) in [5.74, 6) is 0.630. The number of nitrogens with one attached hydrogen (secondary N) is 1. The van der Waals surface area contributed by atoms with Crippen molar-refractivity contribution >= 4 is 17.3 Å². The molecule has 3 aliphatic carbocycles. The van der Waals surface area contributed by atoms with Crippen molar-refractivity contribution in [2.45, 2.75) is 38.8 Å². The third-order valence-electron chi connectivity index (χ3n) is 4.52. The Kier molecular flexibility index (Phi) is 4.52. The minimum absolute atomic E-state index is 0.299. The maximum Gasteiger partial charge on any atom is 0.417 e. The molecule has 1 fully saturated rings. The minimum Gasteiger partial charge on any atom is -0.356 e. The van der Waals surface area contributed by atoms with E-state index in [1.807, 2.05) is 0 Å². The SMILES string of the molecule is C=C(Nc1ccc(Cl)c(C(F)(F)F)c1)C1=C2CC(C=C1CCC)C2. The highest BCUT2D eigenvalue weighted by molar-refractivity contribution is 6.31. The van der Waals surface area contributed by atoms with Crippen molar-refractivity contribution in [3.05, 3.63) is 63.9 Å². The van der Waals surface area contributed by atoms with Crippen molar-refractivity contribution in [3.63, 3.8) is 0 Å². The predicted molar refractivity (Wildman–Crippen MR) is 92.0 cm³/mol. The molecule has 4 rings (SSSR count). The Balaban J connectivity index is 1.84. The highest BCUT2D eigenvalue weighted by Gasteiger charge is 2.34. The van der Waals surface area contributed by atoms with Gasteiger partial charge in [-0.3, -0.25) is 0 Å². The molecule has 3 aliphatic rings. The van der Waals surface area contributed by atoms with E-state index in [1.54, 1.807) is 6.07 Å². The van der Waals surface area contributed by atoms with E-state index in [-0.39, 0.29) is 5.02 Å². The first kappa shape index (κ1) is 17.2. The van der Waals surface area contributed by atoms with Crippen LogP contribution >= 0.6 is 11.6 Å². The summed E-state index contributed by atoms with van der Waals surface area (Å²) < 4.78 is 39.0. The number of hydrogen-bond acceptors (Lipinski definition) is 1. The summed E-state index contributed by atoms with van der Waals surface area (Å²) >= 11 is 5.67. The van der Waals surface area contributed by atoms with Crippen LogP contribution in [0, 0.1) is 5.92 Å². The molecule has 0 aromatic heterocycles. The molecule has 1 nitrogen and oxygen atoms in total. The fourth-order valence-corrected chi connectivity index (χ4v) is 3.66. The van der Waals surface area contributed by atoms with E-state index in [9.17, 15) is 13.2 Å². The molecule has 128 valence electrons. The molecule has 0 atom stereocenters. The molecule has 0 aliphatic heterocycles. The Morgan fingerprint density at radius 3 is 2.67 bits per heavy atom. The maximum absolute atomic E-state index is 13.0. The van der Waals surface area contributed by atoms with Crippen LogP contribution in [-0.4, -0.2) is 0 Å². The van der Waals surface area contributed by atoms with E-state index in [0.29, 0.717) is 17.3 Å². The number of rotatable bonds is 5. The van der Waals surface area contributed by atoms with Crippen LogP contribution in [0.2, 0.25) is 5.02 Å². The van der Waals surface area contributed by atoms with Gasteiger partial charge in [0.25, 0.3) is 0 Å². The molecule has 0 saturated heterocycles. The quantitative estimate of drug-likeness (QED) is 0.618. The van der Waals surface area contributed by atoms with Gasteiger partial charge >= 0.3 is 6.18 Å². The number of fused-ring (bicyclic) bond motifs is 1. The van der Waals surface area contributed by atoms with Gasteiger partial charge < -0.3 is 5.32 Å². The van der Waals surface area contributed by atoms with Crippen molar-refractivity contribution in [1.82, 2.24) is 0 Å². The molecule has 0 unspecified atom stereocenters. The topological polar surface area (TPSA) is 12.0 Å². The average molecular weight is 354 g/mol. The first-order valence-corrected chi connectivity index (χ1v) is 8.43. The van der Waals surface area contributed by atoms with Gasteiger partial charge in [0.2, 0.25) is 0 Å². The summed E-state index contributed by atoms with van der Waals surface area (Å²) in [4.78, 5) is 0. The molecule has 0 amide bonds. The van der Waals surface area contributed by atoms with Gasteiger partial charge in [0, 0.05) is 11.4 Å². The largest absolute Gasteiger partial charge is 0.417 e. The number of benzene rings is 1. The third-order valence-corrected chi connectivity index (χ3v) is 4.85. The first-order valence-electron chi connectivity index (χ1n) is 8.05. The summed E-state index contributed by atoms with van der Waals surface area (Å²) in [7, 11) is 0. The van der Waals surface area contributed by atoms with Crippen LogP contribution in [-0.2, 0) is 6.18 Å². The second-order valence-electron chi connectivity index (χ2n) is 6.38. The third kappa shape index (κ3) is 3.25. The second-order valence-corrected chi connectivity index (χ2v) is 6.79. The Labute approximate surface area is 144 Å². The lowest BCUT2D eigenvalue weighted by Crippen LogP contribution is -2.23. The van der Waals surface area contributed by atoms with Gasteiger partial charge in [-0.25, -0.2) is 0 Å². The van der Waals surface area contributed by atoms with Gasteiger partial charge in [-0.15, -0.1) is 0 Å². The van der Waals surface area contributed by atoms with Crippen LogP contribution in [0.25, 0.3) is 0 Å². The summed E-state index contributed by atoms with van der Waals surface area (Å²) in [5, 5.41) is 2.74. The molecule has 24 heavy (non-hydrogen) atoms. The zero-order chi connectivity index (χ0) is 17.5. The molecule has 1 aromatic rings. The molecule has 1 aromatic carbocycles. The van der Waals surface area contributed by atoms with E-state index in [0.717, 1.165) is 37.3 Å². The van der Waals surface area contributed by atoms with Crippen LogP contribution in [0.5, 0.6) is 0 Å². The summed E-state index contributed by atoms with van der Waals surface area (Å²) in [5.41, 5.74) is 3.89. The lowest BCUT2D eigenvalue weighted by molar-refractivity contribution is -0.137. The zero-order valence-electron chi connectivity index (χ0n) is 13.4. The second kappa shape index (κ2) is 6.32. The van der Waals surface area contributed by atoms with E-state index in [2.05, 4.69) is 24.9 Å². The maximum atomic E-state index is 13.0. The van der Waals surface area contributed by atoms with Crippen LogP contribution < -0.4 is 5.32 Å². The molecule has 1 N–H and O–H groups in total. The fourth-order valence-electron chi connectivity index (χ4n) is 3.43. The van der Waals surface area contributed by atoms with E-state index in [4.69, 9.17) is 11.6 Å². The van der Waals surface area contributed by atoms with Crippen molar-refractivity contribution in [2.75, 3.05) is 5.32 Å². The van der Waals surface area contributed by atoms with E-state index >= 15 is 0 Å². The number of alkyl halides is 3. The minimum atomic E-state index is -4.47. The Hall–Kier alpha value is -1.68. The van der Waals surface area contributed by atoms with Gasteiger partial charge in [0.15, 0.2) is 0 Å². The number of anilines is 1. The van der Waals surface area contributed by atoms with Gasteiger partial charge in [0.1, 0.15) is 0 Å². The monoisotopic (exact) mass is 353 g/mol. The molecule has 1 saturated carbocycles. The standard InChI is InChI=1S/C19H19ClF3N/c1-3-4-13-7-12-8-14(9-12)18(13)11(2)24-15-5-6-17(20)16(10-15)19(21,22)23/h5-7,10,12,24H,2-4,8-9H2,1H3. The van der Waals surface area contributed by atoms with Gasteiger partial charge in [-0.1, -0.05) is 43.2 Å². The summed E-state index contributed by atoms with van der Waals surface area (Å²) in [6, 6.07) is 3.85. The lowest BCUT2D eigenvalue weighted by atomic mass is 9.69. The van der Waals surface area contributed by atoms with Crippen molar-refractivity contribution in [3.8, 4) is 0 Å². The highest BCUT2D eigenvalue weighted by Crippen LogP contribution is 2.47. The summed E-state index contributed by atoms with van der Waals surface area (Å²) in [6.45, 7) is 6.19. The predicted octanol–water partition coefficient (Wildman–Crippen LogP) is 6.73. The normalized spacial score (nSPS) is 17.5. The number of allylic oxidation sites excluding steroid dienone is 3. The first-order chi connectivity index (χ1) is 11.3. The Bertz CT molecular complexity index is 735. The highest BCUT2D eigenvalue weighted by atomic mass is 35.5.